The molecule has 2 aromatic heterocycles. The summed E-state index contributed by atoms with van der Waals surface area (Å²) in [6.07, 6.45) is 3.64. The topological polar surface area (TPSA) is 64.7 Å². The second kappa shape index (κ2) is 7.52. The van der Waals surface area contributed by atoms with E-state index in [2.05, 4.69) is 15.5 Å². The molecule has 1 N–H and O–H groups in total. The maximum absolute atomic E-state index is 12.4. The van der Waals surface area contributed by atoms with Crippen molar-refractivity contribution in [2.75, 3.05) is 0 Å². The maximum Gasteiger partial charge on any atom is 0.251 e. The molecule has 0 saturated heterocycles. The summed E-state index contributed by atoms with van der Waals surface area (Å²) in [5.41, 5.74) is 5.62. The van der Waals surface area contributed by atoms with Gasteiger partial charge in [-0.1, -0.05) is 12.1 Å². The van der Waals surface area contributed by atoms with Gasteiger partial charge in [0.25, 0.3) is 5.91 Å². The Kier molecular flexibility index (Phi) is 4.76. The van der Waals surface area contributed by atoms with Gasteiger partial charge in [0.1, 0.15) is 0 Å². The molecule has 1 amide bonds. The minimum atomic E-state index is -0.101. The Labute approximate surface area is 163 Å². The molecule has 0 saturated carbocycles. The molecule has 0 aliphatic rings. The van der Waals surface area contributed by atoms with Crippen LogP contribution in [0.5, 0.6) is 0 Å². The van der Waals surface area contributed by atoms with Gasteiger partial charge in [-0.2, -0.15) is 10.2 Å². The molecule has 0 atom stereocenters. The fourth-order valence-corrected chi connectivity index (χ4v) is 3.12. The summed E-state index contributed by atoms with van der Waals surface area (Å²) in [4.78, 5) is 12.4. The minimum absolute atomic E-state index is 0.101. The third-order valence-electron chi connectivity index (χ3n) is 4.54. The molecule has 6 heteroatoms. The van der Waals surface area contributed by atoms with Crippen molar-refractivity contribution in [1.29, 1.82) is 0 Å². The average molecular weight is 371 g/mol. The van der Waals surface area contributed by atoms with E-state index in [1.807, 2.05) is 85.4 Å². The highest BCUT2D eigenvalue weighted by molar-refractivity contribution is 5.94. The molecule has 4 aromatic rings. The van der Waals surface area contributed by atoms with Crippen LogP contribution in [0.3, 0.4) is 0 Å². The zero-order valence-corrected chi connectivity index (χ0v) is 15.8. The summed E-state index contributed by atoms with van der Waals surface area (Å²) >= 11 is 0. The monoisotopic (exact) mass is 371 g/mol. The van der Waals surface area contributed by atoms with E-state index in [1.165, 1.54) is 0 Å². The molecule has 28 heavy (non-hydrogen) atoms. The molecular weight excluding hydrogens is 350 g/mol. The van der Waals surface area contributed by atoms with Crippen molar-refractivity contribution in [3.63, 3.8) is 0 Å². The number of aryl methyl sites for hydroxylation is 2. The summed E-state index contributed by atoms with van der Waals surface area (Å²) < 4.78 is 3.67. The van der Waals surface area contributed by atoms with E-state index >= 15 is 0 Å². The van der Waals surface area contributed by atoms with Crippen molar-refractivity contribution in [2.45, 2.75) is 20.4 Å². The van der Waals surface area contributed by atoms with Crippen LogP contribution in [-0.2, 0) is 6.54 Å². The average Bonchev–Trinajstić information content (AvgIpc) is 3.36. The Balaban J connectivity index is 1.39. The predicted octanol–water partition coefficient (Wildman–Crippen LogP) is 3.60. The number of carbonyl (C=O) groups excluding carboxylic acids is 1. The van der Waals surface area contributed by atoms with E-state index in [-0.39, 0.29) is 5.91 Å². The van der Waals surface area contributed by atoms with Crippen LogP contribution in [0.1, 0.15) is 27.3 Å². The fraction of sp³-hybridized carbons (Fsp3) is 0.136. The van der Waals surface area contributed by atoms with Gasteiger partial charge in [0, 0.05) is 30.2 Å². The number of nitrogens with zero attached hydrogens (tertiary/aromatic N) is 4. The summed E-state index contributed by atoms with van der Waals surface area (Å²) in [6.45, 7) is 4.45. The molecule has 0 radical (unpaired) electrons. The molecule has 6 nitrogen and oxygen atoms in total. The molecule has 0 bridgehead atoms. The SMILES string of the molecule is Cc1cc(C)n(-c2ccc(C(=O)NCc3ccc(-n4cccn4)cc3)cc2)n1. The standard InChI is InChI=1S/C22H21N5O/c1-16-14-17(2)27(25-16)21-10-6-19(7-11-21)22(28)23-15-18-4-8-20(9-5-18)26-13-3-12-24-26/h3-14H,15H2,1-2H3,(H,23,28). The number of hydrogen-bond donors (Lipinski definition) is 1. The number of rotatable bonds is 5. The van der Waals surface area contributed by atoms with Crippen LogP contribution in [0.4, 0.5) is 0 Å². The Morgan fingerprint density at radius 2 is 1.71 bits per heavy atom. The van der Waals surface area contributed by atoms with Crippen molar-refractivity contribution in [2.24, 2.45) is 0 Å². The lowest BCUT2D eigenvalue weighted by molar-refractivity contribution is 0.0951. The number of hydrogen-bond acceptors (Lipinski definition) is 3. The van der Waals surface area contributed by atoms with Gasteiger partial charge in [0.05, 0.1) is 17.1 Å². The van der Waals surface area contributed by atoms with Gasteiger partial charge in [-0.15, -0.1) is 0 Å². The summed E-state index contributed by atoms with van der Waals surface area (Å²) in [5.74, 6) is -0.101. The van der Waals surface area contributed by atoms with Crippen LogP contribution in [0.25, 0.3) is 11.4 Å². The van der Waals surface area contributed by atoms with Gasteiger partial charge in [0.2, 0.25) is 0 Å². The number of aromatic nitrogens is 4. The molecule has 2 heterocycles. The first-order chi connectivity index (χ1) is 13.6. The fourth-order valence-electron chi connectivity index (χ4n) is 3.12. The normalized spacial score (nSPS) is 10.8. The predicted molar refractivity (Wildman–Crippen MR) is 108 cm³/mol. The number of benzene rings is 2. The van der Waals surface area contributed by atoms with E-state index < -0.39 is 0 Å². The molecule has 0 aliphatic carbocycles. The van der Waals surface area contributed by atoms with Crippen LogP contribution in [0, 0.1) is 13.8 Å². The van der Waals surface area contributed by atoms with Crippen LogP contribution >= 0.6 is 0 Å². The molecule has 0 spiro atoms. The van der Waals surface area contributed by atoms with Gasteiger partial charge in [-0.3, -0.25) is 4.79 Å². The zero-order valence-electron chi connectivity index (χ0n) is 15.8. The molecular formula is C22H21N5O. The first-order valence-corrected chi connectivity index (χ1v) is 9.11. The van der Waals surface area contributed by atoms with Crippen LogP contribution in [-0.4, -0.2) is 25.5 Å². The molecule has 0 fully saturated rings. The van der Waals surface area contributed by atoms with Crippen LogP contribution in [0.15, 0.2) is 73.1 Å². The van der Waals surface area contributed by atoms with E-state index in [0.717, 1.165) is 28.3 Å². The van der Waals surface area contributed by atoms with Gasteiger partial charge in [-0.05, 0) is 67.9 Å². The van der Waals surface area contributed by atoms with Crippen LogP contribution < -0.4 is 5.32 Å². The Morgan fingerprint density at radius 3 is 2.32 bits per heavy atom. The minimum Gasteiger partial charge on any atom is -0.348 e. The molecule has 0 aliphatic heterocycles. The molecule has 4 rings (SSSR count). The lowest BCUT2D eigenvalue weighted by Crippen LogP contribution is -2.22. The maximum atomic E-state index is 12.4. The molecule has 0 unspecified atom stereocenters. The Bertz CT molecular complexity index is 1080. The smallest absolute Gasteiger partial charge is 0.251 e. The van der Waals surface area contributed by atoms with E-state index in [4.69, 9.17) is 0 Å². The van der Waals surface area contributed by atoms with Gasteiger partial charge < -0.3 is 5.32 Å². The van der Waals surface area contributed by atoms with Gasteiger partial charge in [0.15, 0.2) is 0 Å². The van der Waals surface area contributed by atoms with Crippen molar-refractivity contribution in [3.8, 4) is 11.4 Å². The number of amides is 1. The Morgan fingerprint density at radius 1 is 1.00 bits per heavy atom. The zero-order chi connectivity index (χ0) is 19.5. The van der Waals surface area contributed by atoms with E-state index in [9.17, 15) is 4.79 Å². The molecule has 2 aromatic carbocycles. The quantitative estimate of drug-likeness (QED) is 0.583. The molecule has 140 valence electrons. The van der Waals surface area contributed by atoms with Crippen molar-refractivity contribution < 1.29 is 4.79 Å². The van der Waals surface area contributed by atoms with E-state index in [1.54, 1.807) is 10.9 Å². The lowest BCUT2D eigenvalue weighted by atomic mass is 10.1. The highest BCUT2D eigenvalue weighted by Gasteiger charge is 2.08. The van der Waals surface area contributed by atoms with Crippen molar-refractivity contribution in [3.05, 3.63) is 95.6 Å². The van der Waals surface area contributed by atoms with Gasteiger partial charge >= 0.3 is 0 Å². The summed E-state index contributed by atoms with van der Waals surface area (Å²) in [7, 11) is 0. The highest BCUT2D eigenvalue weighted by Crippen LogP contribution is 2.13. The second-order valence-corrected chi connectivity index (χ2v) is 6.69. The van der Waals surface area contributed by atoms with Gasteiger partial charge in [-0.25, -0.2) is 9.36 Å². The highest BCUT2D eigenvalue weighted by atomic mass is 16.1. The first-order valence-electron chi connectivity index (χ1n) is 9.11. The van der Waals surface area contributed by atoms with Crippen LogP contribution in [0.2, 0.25) is 0 Å². The van der Waals surface area contributed by atoms with Crippen molar-refractivity contribution >= 4 is 5.91 Å². The largest absolute Gasteiger partial charge is 0.348 e. The third kappa shape index (κ3) is 3.71. The summed E-state index contributed by atoms with van der Waals surface area (Å²) in [5, 5.41) is 11.6. The van der Waals surface area contributed by atoms with Crippen molar-refractivity contribution in [1.82, 2.24) is 24.9 Å². The third-order valence-corrected chi connectivity index (χ3v) is 4.54. The number of carbonyl (C=O) groups is 1. The Hall–Kier alpha value is -3.67. The number of nitrogens with one attached hydrogen (secondary N) is 1. The first kappa shape index (κ1) is 17.7. The lowest BCUT2D eigenvalue weighted by Gasteiger charge is -2.08. The summed E-state index contributed by atoms with van der Waals surface area (Å²) in [6, 6.07) is 19.3. The van der Waals surface area contributed by atoms with E-state index in [0.29, 0.717) is 12.1 Å². The second-order valence-electron chi connectivity index (χ2n) is 6.69.